The van der Waals surface area contributed by atoms with E-state index < -0.39 is 0 Å². The van der Waals surface area contributed by atoms with Crippen LogP contribution in [-0.2, 0) is 13.0 Å². The van der Waals surface area contributed by atoms with Gasteiger partial charge in [0.1, 0.15) is 5.76 Å². The second-order valence-electron chi connectivity index (χ2n) is 4.65. The lowest BCUT2D eigenvalue weighted by Crippen LogP contribution is -2.36. The molecule has 0 aliphatic carbocycles. The van der Waals surface area contributed by atoms with Crippen molar-refractivity contribution in [3.8, 4) is 0 Å². The first-order valence-electron chi connectivity index (χ1n) is 6.64. The molecule has 1 heterocycles. The number of urea groups is 1. The number of carbonyl (C=O) groups is 1. The Morgan fingerprint density at radius 3 is 2.60 bits per heavy atom. The van der Waals surface area contributed by atoms with E-state index in [-0.39, 0.29) is 6.03 Å². The molecule has 0 saturated heterocycles. The largest absolute Gasteiger partial charge is 0.361 e. The Labute approximate surface area is 118 Å². The summed E-state index contributed by atoms with van der Waals surface area (Å²) < 4.78 is 5.08. The minimum absolute atomic E-state index is 0.166. The molecule has 0 bridgehead atoms. The zero-order valence-corrected chi connectivity index (χ0v) is 11.8. The lowest BCUT2D eigenvalue weighted by atomic mass is 10.1. The Bertz CT molecular complexity index is 544. The molecule has 20 heavy (non-hydrogen) atoms. The fraction of sp³-hybridized carbons (Fsp3) is 0.333. The van der Waals surface area contributed by atoms with E-state index in [0.29, 0.717) is 13.1 Å². The average Bonchev–Trinajstić information content (AvgIpc) is 2.78. The fourth-order valence-electron chi connectivity index (χ4n) is 2.00. The van der Waals surface area contributed by atoms with Crippen LogP contribution in [0.25, 0.3) is 0 Å². The molecule has 106 valence electrons. The molecule has 0 aliphatic heterocycles. The number of rotatable bonds is 5. The summed E-state index contributed by atoms with van der Waals surface area (Å²) in [5.41, 5.74) is 3.02. The van der Waals surface area contributed by atoms with Crippen LogP contribution >= 0.6 is 0 Å². The molecule has 0 saturated carbocycles. The summed E-state index contributed by atoms with van der Waals surface area (Å²) >= 11 is 0. The topological polar surface area (TPSA) is 67.2 Å². The van der Waals surface area contributed by atoms with Crippen LogP contribution in [0.1, 0.15) is 22.6 Å². The number of carbonyl (C=O) groups excluding carboxylic acids is 1. The summed E-state index contributed by atoms with van der Waals surface area (Å²) in [6.07, 6.45) is 0.722. The molecule has 5 nitrogen and oxygen atoms in total. The normalized spacial score (nSPS) is 10.3. The molecule has 2 aromatic rings. The third-order valence-corrected chi connectivity index (χ3v) is 3.14. The number of aryl methyl sites for hydroxylation is 2. The van der Waals surface area contributed by atoms with E-state index in [0.717, 1.165) is 29.0 Å². The van der Waals surface area contributed by atoms with Gasteiger partial charge >= 0.3 is 6.03 Å². The predicted octanol–water partition coefficient (Wildman–Crippen LogP) is 2.33. The van der Waals surface area contributed by atoms with Crippen molar-refractivity contribution >= 4 is 6.03 Å². The highest BCUT2D eigenvalue weighted by atomic mass is 16.5. The van der Waals surface area contributed by atoms with E-state index >= 15 is 0 Å². The summed E-state index contributed by atoms with van der Waals surface area (Å²) in [7, 11) is 0. The number of nitrogens with one attached hydrogen (secondary N) is 2. The lowest BCUT2D eigenvalue weighted by molar-refractivity contribution is 0.240. The van der Waals surface area contributed by atoms with Crippen LogP contribution in [0, 0.1) is 13.8 Å². The van der Waals surface area contributed by atoms with E-state index in [1.807, 2.05) is 44.2 Å². The van der Waals surface area contributed by atoms with Gasteiger partial charge in [-0.25, -0.2) is 4.79 Å². The van der Waals surface area contributed by atoms with Crippen LogP contribution in [0.2, 0.25) is 0 Å². The van der Waals surface area contributed by atoms with Gasteiger partial charge in [-0.3, -0.25) is 0 Å². The molecular formula is C15H19N3O2. The number of aromatic nitrogens is 1. The number of amides is 2. The minimum atomic E-state index is -0.166. The molecule has 0 fully saturated rings. The smallest absolute Gasteiger partial charge is 0.315 e. The van der Waals surface area contributed by atoms with Crippen LogP contribution in [-0.4, -0.2) is 17.7 Å². The maximum atomic E-state index is 11.7. The summed E-state index contributed by atoms with van der Waals surface area (Å²) in [6.45, 7) is 4.87. The molecule has 0 radical (unpaired) electrons. The van der Waals surface area contributed by atoms with Gasteiger partial charge in [-0.1, -0.05) is 35.5 Å². The third kappa shape index (κ3) is 3.85. The summed E-state index contributed by atoms with van der Waals surface area (Å²) in [5, 5.41) is 9.53. The van der Waals surface area contributed by atoms with Gasteiger partial charge in [-0.2, -0.15) is 0 Å². The van der Waals surface area contributed by atoms with Crippen molar-refractivity contribution in [3.63, 3.8) is 0 Å². The van der Waals surface area contributed by atoms with Crippen LogP contribution in [0.5, 0.6) is 0 Å². The van der Waals surface area contributed by atoms with Crippen molar-refractivity contribution in [1.82, 2.24) is 15.8 Å². The molecule has 0 spiro atoms. The number of nitrogens with zero attached hydrogens (tertiary/aromatic N) is 1. The van der Waals surface area contributed by atoms with Crippen molar-refractivity contribution in [1.29, 1.82) is 0 Å². The zero-order valence-electron chi connectivity index (χ0n) is 11.8. The highest BCUT2D eigenvalue weighted by Gasteiger charge is 2.08. The van der Waals surface area contributed by atoms with Crippen molar-refractivity contribution in [2.75, 3.05) is 6.54 Å². The molecule has 0 atom stereocenters. The molecular weight excluding hydrogens is 254 g/mol. The summed E-state index contributed by atoms with van der Waals surface area (Å²) in [6, 6.07) is 9.64. The molecule has 1 aromatic heterocycles. The Morgan fingerprint density at radius 2 is 1.95 bits per heavy atom. The van der Waals surface area contributed by atoms with Gasteiger partial charge in [0.05, 0.1) is 5.69 Å². The van der Waals surface area contributed by atoms with Crippen molar-refractivity contribution in [3.05, 3.63) is 52.9 Å². The van der Waals surface area contributed by atoms with E-state index in [2.05, 4.69) is 15.8 Å². The highest BCUT2D eigenvalue weighted by molar-refractivity contribution is 5.73. The third-order valence-electron chi connectivity index (χ3n) is 3.14. The maximum Gasteiger partial charge on any atom is 0.315 e. The molecule has 0 unspecified atom stereocenters. The zero-order chi connectivity index (χ0) is 14.4. The summed E-state index contributed by atoms with van der Waals surface area (Å²) in [4.78, 5) is 11.7. The quantitative estimate of drug-likeness (QED) is 0.878. The maximum absolute atomic E-state index is 11.7. The van der Waals surface area contributed by atoms with Gasteiger partial charge in [-0.15, -0.1) is 0 Å². The van der Waals surface area contributed by atoms with Gasteiger partial charge < -0.3 is 15.2 Å². The Hall–Kier alpha value is -2.30. The Kier molecular flexibility index (Phi) is 4.76. The van der Waals surface area contributed by atoms with Gasteiger partial charge in [0.2, 0.25) is 0 Å². The van der Waals surface area contributed by atoms with E-state index in [4.69, 9.17) is 4.52 Å². The SMILES string of the molecule is Cc1noc(C)c1CCNC(=O)NCc1ccccc1. The molecule has 2 rings (SSSR count). The molecule has 5 heteroatoms. The average molecular weight is 273 g/mol. The predicted molar refractivity (Wildman–Crippen MR) is 76.4 cm³/mol. The number of benzene rings is 1. The highest BCUT2D eigenvalue weighted by Crippen LogP contribution is 2.11. The van der Waals surface area contributed by atoms with Crippen molar-refractivity contribution < 1.29 is 9.32 Å². The molecule has 2 N–H and O–H groups in total. The first kappa shape index (κ1) is 14.1. The van der Waals surface area contributed by atoms with Crippen molar-refractivity contribution in [2.24, 2.45) is 0 Å². The van der Waals surface area contributed by atoms with E-state index in [1.54, 1.807) is 0 Å². The number of hydrogen-bond donors (Lipinski definition) is 2. The van der Waals surface area contributed by atoms with E-state index in [1.165, 1.54) is 0 Å². The monoisotopic (exact) mass is 273 g/mol. The Morgan fingerprint density at radius 1 is 1.20 bits per heavy atom. The van der Waals surface area contributed by atoms with Crippen LogP contribution in [0.3, 0.4) is 0 Å². The summed E-state index contributed by atoms with van der Waals surface area (Å²) in [5.74, 6) is 0.814. The lowest BCUT2D eigenvalue weighted by Gasteiger charge is -2.07. The van der Waals surface area contributed by atoms with Gasteiger partial charge in [0, 0.05) is 18.7 Å². The van der Waals surface area contributed by atoms with Crippen molar-refractivity contribution in [2.45, 2.75) is 26.8 Å². The second-order valence-corrected chi connectivity index (χ2v) is 4.65. The first-order chi connectivity index (χ1) is 9.66. The molecule has 0 aliphatic rings. The van der Waals surface area contributed by atoms with Crippen LogP contribution < -0.4 is 10.6 Å². The van der Waals surface area contributed by atoms with Crippen LogP contribution in [0.15, 0.2) is 34.9 Å². The van der Waals surface area contributed by atoms with Gasteiger partial charge in [0.25, 0.3) is 0 Å². The standard InChI is InChI=1S/C15H19N3O2/c1-11-14(12(2)20-18-11)8-9-16-15(19)17-10-13-6-4-3-5-7-13/h3-7H,8-10H2,1-2H3,(H2,16,17,19). The van der Waals surface area contributed by atoms with Gasteiger partial charge in [0.15, 0.2) is 0 Å². The first-order valence-corrected chi connectivity index (χ1v) is 6.64. The minimum Gasteiger partial charge on any atom is -0.361 e. The van der Waals surface area contributed by atoms with Gasteiger partial charge in [-0.05, 0) is 25.8 Å². The Balaban J connectivity index is 1.71. The van der Waals surface area contributed by atoms with E-state index in [9.17, 15) is 4.79 Å². The number of hydrogen-bond acceptors (Lipinski definition) is 3. The van der Waals surface area contributed by atoms with Crippen LogP contribution in [0.4, 0.5) is 4.79 Å². The molecule has 2 amide bonds. The second kappa shape index (κ2) is 6.75. The fourth-order valence-corrected chi connectivity index (χ4v) is 2.00. The molecule has 1 aromatic carbocycles.